The molecule has 0 bridgehead atoms. The minimum atomic E-state index is 0.558. The molecule has 0 N–H and O–H groups in total. The summed E-state index contributed by atoms with van der Waals surface area (Å²) in [6.07, 6.45) is 0. The quantitative estimate of drug-likeness (QED) is 0.403. The van der Waals surface area contributed by atoms with E-state index in [-0.39, 0.29) is 0 Å². The van der Waals surface area contributed by atoms with Crippen LogP contribution < -0.4 is 0 Å². The van der Waals surface area contributed by atoms with Crippen LogP contribution in [-0.4, -0.2) is 4.98 Å². The Balaban J connectivity index is 1.93. The highest BCUT2D eigenvalue weighted by Gasteiger charge is 2.07. The molecule has 0 saturated heterocycles. The van der Waals surface area contributed by atoms with Crippen molar-refractivity contribution in [1.82, 2.24) is 4.98 Å². The molecule has 0 aliphatic rings. The lowest BCUT2D eigenvalue weighted by atomic mass is 9.96. The van der Waals surface area contributed by atoms with Crippen LogP contribution in [0, 0.1) is 0 Å². The van der Waals surface area contributed by atoms with Crippen LogP contribution >= 0.6 is 0 Å². The van der Waals surface area contributed by atoms with Crippen LogP contribution in [0.4, 0.5) is 0 Å². The number of para-hydroxylation sites is 1. The van der Waals surface area contributed by atoms with Gasteiger partial charge in [-0.3, -0.25) is 0 Å². The maximum absolute atomic E-state index is 4.81. The molecule has 0 fully saturated rings. The van der Waals surface area contributed by atoms with E-state index in [2.05, 4.69) is 80.6 Å². The van der Waals surface area contributed by atoms with Crippen LogP contribution in [0.1, 0.15) is 25.3 Å². The predicted octanol–water partition coefficient (Wildman–Crippen LogP) is 6.18. The Labute approximate surface area is 136 Å². The van der Waals surface area contributed by atoms with Crippen LogP contribution in [-0.2, 0) is 0 Å². The third-order valence-electron chi connectivity index (χ3n) is 4.45. The first-order valence-corrected chi connectivity index (χ1v) is 8.11. The molecule has 112 valence electrons. The lowest BCUT2D eigenvalue weighted by Crippen LogP contribution is -1.88. The van der Waals surface area contributed by atoms with Crippen molar-refractivity contribution >= 4 is 21.8 Å². The Morgan fingerprint density at radius 1 is 0.739 bits per heavy atom. The van der Waals surface area contributed by atoms with Crippen molar-refractivity contribution in [3.63, 3.8) is 0 Å². The third kappa shape index (κ3) is 2.49. The van der Waals surface area contributed by atoms with Gasteiger partial charge in [0.15, 0.2) is 0 Å². The summed E-state index contributed by atoms with van der Waals surface area (Å²) < 4.78 is 0. The Kier molecular flexibility index (Phi) is 3.34. The molecule has 1 nitrogen and oxygen atoms in total. The molecule has 1 heteroatoms. The topological polar surface area (TPSA) is 12.9 Å². The second kappa shape index (κ2) is 5.51. The van der Waals surface area contributed by atoms with Crippen molar-refractivity contribution in [2.24, 2.45) is 0 Å². The number of aromatic nitrogens is 1. The fourth-order valence-electron chi connectivity index (χ4n) is 3.10. The summed E-state index contributed by atoms with van der Waals surface area (Å²) in [7, 11) is 0. The summed E-state index contributed by atoms with van der Waals surface area (Å²) in [5.74, 6) is 0.558. The Morgan fingerprint density at radius 3 is 2.26 bits per heavy atom. The van der Waals surface area contributed by atoms with E-state index in [9.17, 15) is 0 Å². The average molecular weight is 297 g/mol. The van der Waals surface area contributed by atoms with Gasteiger partial charge in [0.05, 0.1) is 11.0 Å². The normalized spacial score (nSPS) is 11.4. The van der Waals surface area contributed by atoms with E-state index < -0.39 is 0 Å². The van der Waals surface area contributed by atoms with Crippen LogP contribution in [0.2, 0.25) is 0 Å². The van der Waals surface area contributed by atoms with Crippen molar-refractivity contribution in [3.8, 4) is 11.1 Å². The second-order valence-corrected chi connectivity index (χ2v) is 6.33. The molecule has 0 atom stereocenters. The van der Waals surface area contributed by atoms with Crippen molar-refractivity contribution in [1.29, 1.82) is 0 Å². The molecule has 3 aromatic carbocycles. The SMILES string of the molecule is CC(C)c1ccc(-c2cccc3nc4ccccc4cc23)cc1. The van der Waals surface area contributed by atoms with Crippen molar-refractivity contribution in [2.45, 2.75) is 19.8 Å². The van der Waals surface area contributed by atoms with E-state index in [1.54, 1.807) is 0 Å². The zero-order chi connectivity index (χ0) is 15.8. The second-order valence-electron chi connectivity index (χ2n) is 6.33. The third-order valence-corrected chi connectivity index (χ3v) is 4.45. The molecule has 0 amide bonds. The average Bonchev–Trinajstić information content (AvgIpc) is 2.59. The predicted molar refractivity (Wildman–Crippen MR) is 98.8 cm³/mol. The number of benzene rings is 3. The molecule has 0 radical (unpaired) electrons. The van der Waals surface area contributed by atoms with Crippen LogP contribution in [0.15, 0.2) is 72.8 Å². The maximum atomic E-state index is 4.81. The first-order chi connectivity index (χ1) is 11.2. The molecule has 0 spiro atoms. The molecule has 4 rings (SSSR count). The fraction of sp³-hybridized carbons (Fsp3) is 0.136. The van der Waals surface area contributed by atoms with Gasteiger partial charge in [0, 0.05) is 10.8 Å². The summed E-state index contributed by atoms with van der Waals surface area (Å²) in [6, 6.07) is 25.8. The lowest BCUT2D eigenvalue weighted by molar-refractivity contribution is 0.867. The van der Waals surface area contributed by atoms with E-state index in [0.29, 0.717) is 5.92 Å². The number of pyridine rings is 1. The van der Waals surface area contributed by atoms with Gasteiger partial charge in [0.1, 0.15) is 0 Å². The maximum Gasteiger partial charge on any atom is 0.0715 e. The summed E-state index contributed by atoms with van der Waals surface area (Å²) in [6.45, 7) is 4.45. The molecule has 1 heterocycles. The minimum Gasteiger partial charge on any atom is -0.248 e. The molecule has 4 aromatic rings. The Bertz CT molecular complexity index is 982. The fourth-order valence-corrected chi connectivity index (χ4v) is 3.10. The monoisotopic (exact) mass is 297 g/mol. The van der Waals surface area contributed by atoms with Gasteiger partial charge >= 0.3 is 0 Å². The molecule has 23 heavy (non-hydrogen) atoms. The number of nitrogens with zero attached hydrogens (tertiary/aromatic N) is 1. The van der Waals surface area contributed by atoms with E-state index >= 15 is 0 Å². The summed E-state index contributed by atoms with van der Waals surface area (Å²) in [4.78, 5) is 4.81. The summed E-state index contributed by atoms with van der Waals surface area (Å²) in [5, 5.41) is 2.40. The largest absolute Gasteiger partial charge is 0.248 e. The smallest absolute Gasteiger partial charge is 0.0715 e. The molecular formula is C22H19N. The van der Waals surface area contributed by atoms with E-state index in [0.717, 1.165) is 11.0 Å². The van der Waals surface area contributed by atoms with E-state index in [1.807, 2.05) is 6.07 Å². The lowest BCUT2D eigenvalue weighted by Gasteiger charge is -2.10. The molecule has 1 aromatic heterocycles. The zero-order valence-electron chi connectivity index (χ0n) is 13.5. The molecule has 0 saturated carbocycles. The minimum absolute atomic E-state index is 0.558. The van der Waals surface area contributed by atoms with Crippen molar-refractivity contribution < 1.29 is 0 Å². The van der Waals surface area contributed by atoms with Crippen molar-refractivity contribution in [3.05, 3.63) is 78.4 Å². The molecule has 0 aliphatic heterocycles. The standard InChI is InChI=1S/C22H19N/c1-15(2)16-10-12-17(13-11-16)19-7-5-9-22-20(19)14-18-6-3-4-8-21(18)23-22/h3-15H,1-2H3. The van der Waals surface area contributed by atoms with Gasteiger partial charge in [-0.25, -0.2) is 4.98 Å². The highest BCUT2D eigenvalue weighted by Crippen LogP contribution is 2.31. The number of fused-ring (bicyclic) bond motifs is 2. The van der Waals surface area contributed by atoms with Crippen LogP contribution in [0.25, 0.3) is 32.9 Å². The summed E-state index contributed by atoms with van der Waals surface area (Å²) >= 11 is 0. The Morgan fingerprint density at radius 2 is 1.48 bits per heavy atom. The van der Waals surface area contributed by atoms with Gasteiger partial charge in [0.25, 0.3) is 0 Å². The Hall–Kier alpha value is -2.67. The number of hydrogen-bond donors (Lipinski definition) is 0. The van der Waals surface area contributed by atoms with Crippen LogP contribution in [0.5, 0.6) is 0 Å². The van der Waals surface area contributed by atoms with E-state index in [4.69, 9.17) is 4.98 Å². The highest BCUT2D eigenvalue weighted by atomic mass is 14.7. The van der Waals surface area contributed by atoms with Gasteiger partial charge in [0.2, 0.25) is 0 Å². The van der Waals surface area contributed by atoms with Gasteiger partial charge in [-0.05, 0) is 40.8 Å². The highest BCUT2D eigenvalue weighted by molar-refractivity contribution is 6.01. The van der Waals surface area contributed by atoms with Gasteiger partial charge in [-0.15, -0.1) is 0 Å². The summed E-state index contributed by atoms with van der Waals surface area (Å²) in [5.41, 5.74) is 5.96. The van der Waals surface area contributed by atoms with Crippen LogP contribution in [0.3, 0.4) is 0 Å². The van der Waals surface area contributed by atoms with Crippen molar-refractivity contribution in [2.75, 3.05) is 0 Å². The van der Waals surface area contributed by atoms with Gasteiger partial charge in [-0.1, -0.05) is 68.4 Å². The van der Waals surface area contributed by atoms with E-state index in [1.165, 1.54) is 27.5 Å². The van der Waals surface area contributed by atoms with Gasteiger partial charge in [-0.2, -0.15) is 0 Å². The first kappa shape index (κ1) is 14.0. The van der Waals surface area contributed by atoms with Gasteiger partial charge < -0.3 is 0 Å². The first-order valence-electron chi connectivity index (χ1n) is 8.11. The zero-order valence-corrected chi connectivity index (χ0v) is 13.5. The number of hydrogen-bond acceptors (Lipinski definition) is 1. The number of rotatable bonds is 2. The molecular weight excluding hydrogens is 278 g/mol. The molecule has 0 unspecified atom stereocenters. The molecule has 0 aliphatic carbocycles.